The van der Waals surface area contributed by atoms with E-state index in [0.717, 1.165) is 33.9 Å². The lowest BCUT2D eigenvalue weighted by atomic mass is 10.1. The van der Waals surface area contributed by atoms with Gasteiger partial charge in [-0.1, -0.05) is 6.07 Å². The van der Waals surface area contributed by atoms with E-state index in [0.29, 0.717) is 12.5 Å². The van der Waals surface area contributed by atoms with Gasteiger partial charge in [0.15, 0.2) is 11.5 Å². The highest BCUT2D eigenvalue weighted by Gasteiger charge is 2.14. The molecule has 0 amide bonds. The molecule has 1 aliphatic heterocycles. The Hall–Kier alpha value is -2.27. The Labute approximate surface area is 123 Å². The maximum absolute atomic E-state index is 9.46. The lowest BCUT2D eigenvalue weighted by molar-refractivity contribution is 0.174. The molecule has 0 atom stereocenters. The minimum atomic E-state index is -0.0877. The number of aromatic nitrogens is 1. The summed E-state index contributed by atoms with van der Waals surface area (Å²) in [5, 5.41) is 9.46. The van der Waals surface area contributed by atoms with Crippen LogP contribution in [0.4, 0.5) is 0 Å². The van der Waals surface area contributed by atoms with E-state index in [9.17, 15) is 5.11 Å². The van der Waals surface area contributed by atoms with Crippen LogP contribution < -0.4 is 14.2 Å². The van der Waals surface area contributed by atoms with Crippen molar-refractivity contribution >= 4 is 0 Å². The Morgan fingerprint density at radius 2 is 2.00 bits per heavy atom. The van der Waals surface area contributed by atoms with Crippen LogP contribution in [-0.2, 0) is 13.2 Å². The molecule has 21 heavy (non-hydrogen) atoms. The first-order chi connectivity index (χ1) is 10.2. The standard InChI is InChI=1S/C16H17NO4/c1-10-5-11(2)17-16(13(10)7-18)19-8-12-3-4-14-15(6-12)21-9-20-14/h3-6,18H,7-9H2,1-2H3. The number of hydrogen-bond donors (Lipinski definition) is 1. The first-order valence-corrected chi connectivity index (χ1v) is 6.76. The number of ether oxygens (including phenoxy) is 3. The summed E-state index contributed by atoms with van der Waals surface area (Å²) in [5.41, 5.74) is 3.53. The number of aliphatic hydroxyl groups excluding tert-OH is 1. The van der Waals surface area contributed by atoms with E-state index in [1.54, 1.807) is 0 Å². The average Bonchev–Trinajstić information content (AvgIpc) is 2.92. The van der Waals surface area contributed by atoms with Crippen molar-refractivity contribution in [3.05, 3.63) is 46.6 Å². The predicted molar refractivity (Wildman–Crippen MR) is 76.5 cm³/mol. The van der Waals surface area contributed by atoms with Gasteiger partial charge < -0.3 is 19.3 Å². The molecule has 3 rings (SSSR count). The largest absolute Gasteiger partial charge is 0.473 e. The number of nitrogens with zero attached hydrogens (tertiary/aromatic N) is 1. The SMILES string of the molecule is Cc1cc(C)c(CO)c(OCc2ccc3c(c2)OCO3)n1. The van der Waals surface area contributed by atoms with Crippen molar-refractivity contribution in [2.45, 2.75) is 27.1 Å². The lowest BCUT2D eigenvalue weighted by Gasteiger charge is -2.12. The quantitative estimate of drug-likeness (QED) is 0.936. The lowest BCUT2D eigenvalue weighted by Crippen LogP contribution is -2.04. The Balaban J connectivity index is 1.79. The van der Waals surface area contributed by atoms with Gasteiger partial charge in [-0.25, -0.2) is 4.98 Å². The maximum Gasteiger partial charge on any atom is 0.231 e. The molecule has 1 aliphatic rings. The number of aliphatic hydroxyl groups is 1. The molecule has 0 radical (unpaired) electrons. The molecule has 0 saturated carbocycles. The van der Waals surface area contributed by atoms with Crippen LogP contribution in [0.3, 0.4) is 0 Å². The molecule has 2 aromatic rings. The number of benzene rings is 1. The zero-order valence-electron chi connectivity index (χ0n) is 12.0. The van der Waals surface area contributed by atoms with Gasteiger partial charge in [0.05, 0.1) is 6.61 Å². The van der Waals surface area contributed by atoms with E-state index < -0.39 is 0 Å². The van der Waals surface area contributed by atoms with E-state index in [1.807, 2.05) is 38.1 Å². The fraction of sp³-hybridized carbons (Fsp3) is 0.312. The summed E-state index contributed by atoms with van der Waals surface area (Å²) in [7, 11) is 0. The first-order valence-electron chi connectivity index (χ1n) is 6.76. The summed E-state index contributed by atoms with van der Waals surface area (Å²) in [6.07, 6.45) is 0. The van der Waals surface area contributed by atoms with Crippen molar-refractivity contribution in [2.24, 2.45) is 0 Å². The molecular weight excluding hydrogens is 270 g/mol. The van der Waals surface area contributed by atoms with E-state index in [2.05, 4.69) is 4.98 Å². The summed E-state index contributed by atoms with van der Waals surface area (Å²) in [5.74, 6) is 1.96. The molecule has 2 heterocycles. The molecule has 110 valence electrons. The third kappa shape index (κ3) is 2.78. The van der Waals surface area contributed by atoms with Gasteiger partial charge in [0.2, 0.25) is 12.7 Å². The van der Waals surface area contributed by atoms with Crippen LogP contribution in [0.1, 0.15) is 22.4 Å². The van der Waals surface area contributed by atoms with Crippen LogP contribution in [0, 0.1) is 13.8 Å². The molecule has 5 heteroatoms. The van der Waals surface area contributed by atoms with E-state index in [4.69, 9.17) is 14.2 Å². The fourth-order valence-corrected chi connectivity index (χ4v) is 2.32. The van der Waals surface area contributed by atoms with Gasteiger partial charge in [0.25, 0.3) is 0 Å². The van der Waals surface area contributed by atoms with Gasteiger partial charge in [0.1, 0.15) is 6.61 Å². The highest BCUT2D eigenvalue weighted by molar-refractivity contribution is 5.44. The molecule has 0 spiro atoms. The Morgan fingerprint density at radius 1 is 1.19 bits per heavy atom. The molecule has 0 aliphatic carbocycles. The second kappa shape index (κ2) is 5.61. The van der Waals surface area contributed by atoms with Gasteiger partial charge in [-0.15, -0.1) is 0 Å². The third-order valence-electron chi connectivity index (χ3n) is 3.41. The van der Waals surface area contributed by atoms with Crippen molar-refractivity contribution in [3.8, 4) is 17.4 Å². The summed E-state index contributed by atoms with van der Waals surface area (Å²) in [6, 6.07) is 7.61. The minimum absolute atomic E-state index is 0.0877. The average molecular weight is 287 g/mol. The van der Waals surface area contributed by atoms with E-state index in [1.165, 1.54) is 0 Å². The second-order valence-corrected chi connectivity index (χ2v) is 5.00. The van der Waals surface area contributed by atoms with Crippen LogP contribution >= 0.6 is 0 Å². The molecule has 1 aromatic heterocycles. The zero-order chi connectivity index (χ0) is 14.8. The molecule has 5 nitrogen and oxygen atoms in total. The highest BCUT2D eigenvalue weighted by Crippen LogP contribution is 2.33. The number of rotatable bonds is 4. The molecule has 0 fully saturated rings. The maximum atomic E-state index is 9.46. The number of pyridine rings is 1. The molecule has 0 unspecified atom stereocenters. The summed E-state index contributed by atoms with van der Waals surface area (Å²) in [6.45, 7) is 4.37. The fourth-order valence-electron chi connectivity index (χ4n) is 2.32. The molecule has 1 aromatic carbocycles. The van der Waals surface area contributed by atoms with Gasteiger partial charge in [-0.05, 0) is 43.2 Å². The van der Waals surface area contributed by atoms with Crippen LogP contribution in [0.25, 0.3) is 0 Å². The van der Waals surface area contributed by atoms with Gasteiger partial charge in [0, 0.05) is 11.3 Å². The zero-order valence-corrected chi connectivity index (χ0v) is 12.0. The molecular formula is C16H17NO4. The molecule has 1 N–H and O–H groups in total. The number of aryl methyl sites for hydroxylation is 2. The Morgan fingerprint density at radius 3 is 2.81 bits per heavy atom. The normalized spacial score (nSPS) is 12.5. The Bertz CT molecular complexity index is 670. The summed E-state index contributed by atoms with van der Waals surface area (Å²) >= 11 is 0. The van der Waals surface area contributed by atoms with Crippen molar-refractivity contribution in [2.75, 3.05) is 6.79 Å². The van der Waals surface area contributed by atoms with Crippen molar-refractivity contribution in [1.29, 1.82) is 0 Å². The number of fused-ring (bicyclic) bond motifs is 1. The third-order valence-corrected chi connectivity index (χ3v) is 3.41. The summed E-state index contributed by atoms with van der Waals surface area (Å²) in [4.78, 5) is 4.35. The molecule has 0 saturated heterocycles. The molecule has 0 bridgehead atoms. The van der Waals surface area contributed by atoms with Gasteiger partial charge in [-0.3, -0.25) is 0 Å². The Kier molecular flexibility index (Phi) is 3.66. The van der Waals surface area contributed by atoms with Crippen LogP contribution in [-0.4, -0.2) is 16.9 Å². The first kappa shape index (κ1) is 13.7. The second-order valence-electron chi connectivity index (χ2n) is 5.00. The van der Waals surface area contributed by atoms with Crippen LogP contribution in [0.5, 0.6) is 17.4 Å². The topological polar surface area (TPSA) is 60.8 Å². The van der Waals surface area contributed by atoms with Crippen molar-refractivity contribution in [3.63, 3.8) is 0 Å². The van der Waals surface area contributed by atoms with Crippen LogP contribution in [0.15, 0.2) is 24.3 Å². The van der Waals surface area contributed by atoms with Gasteiger partial charge >= 0.3 is 0 Å². The minimum Gasteiger partial charge on any atom is -0.473 e. The monoisotopic (exact) mass is 287 g/mol. The smallest absolute Gasteiger partial charge is 0.231 e. The summed E-state index contributed by atoms with van der Waals surface area (Å²) < 4.78 is 16.4. The van der Waals surface area contributed by atoms with Crippen molar-refractivity contribution in [1.82, 2.24) is 4.98 Å². The van der Waals surface area contributed by atoms with Crippen LogP contribution in [0.2, 0.25) is 0 Å². The predicted octanol–water partition coefficient (Wildman–Crippen LogP) is 2.50. The number of hydrogen-bond acceptors (Lipinski definition) is 5. The highest BCUT2D eigenvalue weighted by atomic mass is 16.7. The van der Waals surface area contributed by atoms with E-state index >= 15 is 0 Å². The van der Waals surface area contributed by atoms with Crippen molar-refractivity contribution < 1.29 is 19.3 Å². The van der Waals surface area contributed by atoms with Gasteiger partial charge in [-0.2, -0.15) is 0 Å². The van der Waals surface area contributed by atoms with E-state index in [-0.39, 0.29) is 13.4 Å².